The van der Waals surface area contributed by atoms with Gasteiger partial charge >= 0.3 is 0 Å². The SMILES string of the molecule is CCOCc1ccccc1CNC(=NC)N1CCS(=O)(=O)C(C)(C)C1. The van der Waals surface area contributed by atoms with Crippen LogP contribution in [-0.4, -0.2) is 56.5 Å². The van der Waals surface area contributed by atoms with Gasteiger partial charge in [-0.15, -0.1) is 0 Å². The smallest absolute Gasteiger partial charge is 0.193 e. The number of rotatable bonds is 5. The number of sulfone groups is 1. The first kappa shape index (κ1) is 19.7. The van der Waals surface area contributed by atoms with Gasteiger partial charge in [-0.25, -0.2) is 8.42 Å². The summed E-state index contributed by atoms with van der Waals surface area (Å²) in [7, 11) is -1.33. The average molecular weight is 368 g/mol. The highest BCUT2D eigenvalue weighted by atomic mass is 32.2. The average Bonchev–Trinajstić information content (AvgIpc) is 2.57. The summed E-state index contributed by atoms with van der Waals surface area (Å²) in [6.07, 6.45) is 0. The third-order valence-corrected chi connectivity index (χ3v) is 7.10. The fraction of sp³-hybridized carbons (Fsp3) is 0.611. The molecule has 0 amide bonds. The highest BCUT2D eigenvalue weighted by molar-refractivity contribution is 7.92. The Morgan fingerprint density at radius 3 is 2.60 bits per heavy atom. The number of ether oxygens (including phenoxy) is 1. The van der Waals surface area contributed by atoms with Crippen molar-refractivity contribution in [1.82, 2.24) is 10.2 Å². The van der Waals surface area contributed by atoms with E-state index in [0.717, 1.165) is 17.1 Å². The normalized spacial score (nSPS) is 19.7. The van der Waals surface area contributed by atoms with Crippen molar-refractivity contribution in [3.8, 4) is 0 Å². The predicted octanol–water partition coefficient (Wildman–Crippen LogP) is 1.81. The van der Waals surface area contributed by atoms with Gasteiger partial charge in [0.25, 0.3) is 0 Å². The van der Waals surface area contributed by atoms with Crippen molar-refractivity contribution in [2.45, 2.75) is 38.7 Å². The van der Waals surface area contributed by atoms with Gasteiger partial charge < -0.3 is 15.0 Å². The molecule has 0 aliphatic carbocycles. The van der Waals surface area contributed by atoms with Gasteiger partial charge in [-0.3, -0.25) is 4.99 Å². The summed E-state index contributed by atoms with van der Waals surface area (Å²) in [5, 5.41) is 3.36. The quantitative estimate of drug-likeness (QED) is 0.635. The van der Waals surface area contributed by atoms with E-state index in [4.69, 9.17) is 4.74 Å². The molecule has 0 unspecified atom stereocenters. The molecule has 1 aromatic rings. The number of hydrogen-bond donors (Lipinski definition) is 1. The number of aliphatic imine (C=N–C) groups is 1. The molecular weight excluding hydrogens is 338 g/mol. The minimum atomic E-state index is -3.06. The van der Waals surface area contributed by atoms with Crippen LogP contribution in [0.5, 0.6) is 0 Å². The van der Waals surface area contributed by atoms with E-state index in [9.17, 15) is 8.42 Å². The van der Waals surface area contributed by atoms with Crippen molar-refractivity contribution in [3.63, 3.8) is 0 Å². The van der Waals surface area contributed by atoms with Crippen molar-refractivity contribution < 1.29 is 13.2 Å². The van der Waals surface area contributed by atoms with Crippen molar-refractivity contribution in [1.29, 1.82) is 0 Å². The molecule has 2 rings (SSSR count). The Hall–Kier alpha value is -1.60. The first-order chi connectivity index (χ1) is 11.8. The summed E-state index contributed by atoms with van der Waals surface area (Å²) in [5.41, 5.74) is 2.30. The standard InChI is InChI=1S/C18H29N3O3S/c1-5-24-13-16-9-7-6-8-15(16)12-20-17(19-4)21-10-11-25(22,23)18(2,3)14-21/h6-9H,5,10-14H2,1-4H3,(H,19,20). The highest BCUT2D eigenvalue weighted by Crippen LogP contribution is 2.23. The Bertz CT molecular complexity index is 714. The van der Waals surface area contributed by atoms with Crippen molar-refractivity contribution in [2.75, 3.05) is 32.5 Å². The molecule has 0 bridgehead atoms. The van der Waals surface area contributed by atoms with Crippen LogP contribution in [0.1, 0.15) is 31.9 Å². The van der Waals surface area contributed by atoms with Gasteiger partial charge in [0, 0.05) is 33.3 Å². The van der Waals surface area contributed by atoms with Gasteiger partial charge in [-0.1, -0.05) is 24.3 Å². The van der Waals surface area contributed by atoms with Crippen LogP contribution in [0.3, 0.4) is 0 Å². The van der Waals surface area contributed by atoms with Crippen LogP contribution in [-0.2, 0) is 27.7 Å². The topological polar surface area (TPSA) is 71.0 Å². The summed E-state index contributed by atoms with van der Waals surface area (Å²) < 4.78 is 29.1. The lowest BCUT2D eigenvalue weighted by Crippen LogP contribution is -2.57. The molecule has 1 heterocycles. The molecule has 1 aliphatic heterocycles. The number of hydrogen-bond acceptors (Lipinski definition) is 4. The van der Waals surface area contributed by atoms with E-state index in [1.165, 1.54) is 0 Å². The third kappa shape index (κ3) is 4.73. The lowest BCUT2D eigenvalue weighted by Gasteiger charge is -2.39. The third-order valence-electron chi connectivity index (χ3n) is 4.57. The molecule has 1 fully saturated rings. The van der Waals surface area contributed by atoms with Crippen LogP contribution in [0, 0.1) is 0 Å². The minimum absolute atomic E-state index is 0.154. The molecule has 1 aliphatic rings. The van der Waals surface area contributed by atoms with Crippen LogP contribution in [0.2, 0.25) is 0 Å². The van der Waals surface area contributed by atoms with Gasteiger partial charge in [0.1, 0.15) is 0 Å². The largest absolute Gasteiger partial charge is 0.377 e. The fourth-order valence-electron chi connectivity index (χ4n) is 2.91. The monoisotopic (exact) mass is 367 g/mol. The molecule has 1 aromatic carbocycles. The Morgan fingerprint density at radius 1 is 1.32 bits per heavy atom. The number of benzene rings is 1. The van der Waals surface area contributed by atoms with E-state index < -0.39 is 14.6 Å². The van der Waals surface area contributed by atoms with Gasteiger partial charge in [0.05, 0.1) is 17.1 Å². The first-order valence-corrected chi connectivity index (χ1v) is 10.3. The summed E-state index contributed by atoms with van der Waals surface area (Å²) in [6, 6.07) is 8.14. The molecular formula is C18H29N3O3S. The van der Waals surface area contributed by atoms with E-state index in [-0.39, 0.29) is 5.75 Å². The maximum absolute atomic E-state index is 12.2. The minimum Gasteiger partial charge on any atom is -0.377 e. The maximum atomic E-state index is 12.2. The first-order valence-electron chi connectivity index (χ1n) is 8.63. The number of nitrogens with one attached hydrogen (secondary N) is 1. The molecule has 7 heteroatoms. The zero-order valence-electron chi connectivity index (χ0n) is 15.6. The molecule has 1 saturated heterocycles. The lowest BCUT2D eigenvalue weighted by molar-refractivity contribution is 0.133. The van der Waals surface area contributed by atoms with E-state index in [0.29, 0.717) is 32.8 Å². The van der Waals surface area contributed by atoms with E-state index >= 15 is 0 Å². The lowest BCUT2D eigenvalue weighted by atomic mass is 10.1. The van der Waals surface area contributed by atoms with E-state index in [1.807, 2.05) is 24.0 Å². The predicted molar refractivity (Wildman–Crippen MR) is 101 cm³/mol. The molecule has 0 atom stereocenters. The van der Waals surface area contributed by atoms with Crippen LogP contribution >= 0.6 is 0 Å². The Morgan fingerprint density at radius 2 is 2.00 bits per heavy atom. The van der Waals surface area contributed by atoms with Gasteiger partial charge in [0.15, 0.2) is 15.8 Å². The molecule has 0 aromatic heterocycles. The summed E-state index contributed by atoms with van der Waals surface area (Å²) in [4.78, 5) is 6.36. The Balaban J connectivity index is 2.05. The van der Waals surface area contributed by atoms with Gasteiger partial charge in [-0.2, -0.15) is 0 Å². The second-order valence-electron chi connectivity index (χ2n) is 6.81. The number of guanidine groups is 1. The molecule has 6 nitrogen and oxygen atoms in total. The van der Waals surface area contributed by atoms with E-state index in [1.54, 1.807) is 20.9 Å². The summed E-state index contributed by atoms with van der Waals surface area (Å²) in [5.74, 6) is 0.885. The van der Waals surface area contributed by atoms with Gasteiger partial charge in [0.2, 0.25) is 0 Å². The van der Waals surface area contributed by atoms with Gasteiger partial charge in [-0.05, 0) is 31.9 Å². The fourth-order valence-corrected chi connectivity index (χ4v) is 4.28. The second kappa shape index (κ2) is 8.19. The maximum Gasteiger partial charge on any atom is 0.193 e. The van der Waals surface area contributed by atoms with Crippen LogP contribution in [0.4, 0.5) is 0 Å². The highest BCUT2D eigenvalue weighted by Gasteiger charge is 2.40. The zero-order chi connectivity index (χ0) is 18.5. The molecule has 0 spiro atoms. The zero-order valence-corrected chi connectivity index (χ0v) is 16.4. The molecule has 25 heavy (non-hydrogen) atoms. The summed E-state index contributed by atoms with van der Waals surface area (Å²) >= 11 is 0. The van der Waals surface area contributed by atoms with Crippen molar-refractivity contribution in [2.24, 2.45) is 4.99 Å². The molecule has 140 valence electrons. The van der Waals surface area contributed by atoms with Crippen LogP contribution < -0.4 is 5.32 Å². The van der Waals surface area contributed by atoms with Crippen LogP contribution in [0.15, 0.2) is 29.3 Å². The van der Waals surface area contributed by atoms with Crippen molar-refractivity contribution in [3.05, 3.63) is 35.4 Å². The second-order valence-corrected chi connectivity index (χ2v) is 9.55. The molecule has 0 radical (unpaired) electrons. The van der Waals surface area contributed by atoms with Crippen molar-refractivity contribution >= 4 is 15.8 Å². The Labute approximate surface area is 151 Å². The van der Waals surface area contributed by atoms with E-state index in [2.05, 4.69) is 22.4 Å². The Kier molecular flexibility index (Phi) is 6.46. The summed E-state index contributed by atoms with van der Waals surface area (Å²) in [6.45, 7) is 8.33. The van der Waals surface area contributed by atoms with Crippen LogP contribution in [0.25, 0.3) is 0 Å². The molecule has 1 N–H and O–H groups in total. The molecule has 0 saturated carbocycles. The number of nitrogens with zero attached hydrogens (tertiary/aromatic N) is 2.